The first kappa shape index (κ1) is 50.8. The molecule has 2 aromatic rings. The fourth-order valence-corrected chi connectivity index (χ4v) is 8.85. The van der Waals surface area contributed by atoms with E-state index in [1.807, 2.05) is 109 Å². The summed E-state index contributed by atoms with van der Waals surface area (Å²) in [6.45, 7) is 14.6. The maximum absolute atomic E-state index is 14.6. The Kier molecular flexibility index (Phi) is 20.2. The van der Waals surface area contributed by atoms with Crippen LogP contribution in [0.1, 0.15) is 85.3 Å². The first-order chi connectivity index (χ1) is 28.9. The second-order valence-electron chi connectivity index (χ2n) is 17.5. The zero-order chi connectivity index (χ0) is 45.6. The second kappa shape index (κ2) is 24.2. The van der Waals surface area contributed by atoms with E-state index in [2.05, 4.69) is 22.0 Å². The summed E-state index contributed by atoms with van der Waals surface area (Å²) < 4.78 is 12.0. The molecule has 0 saturated carbocycles. The van der Waals surface area contributed by atoms with Crippen LogP contribution in [0.3, 0.4) is 0 Å². The van der Waals surface area contributed by atoms with Crippen molar-refractivity contribution in [2.75, 3.05) is 47.2 Å². The van der Waals surface area contributed by atoms with E-state index in [1.54, 1.807) is 30.9 Å². The minimum atomic E-state index is -1.14. The lowest BCUT2D eigenvalue weighted by molar-refractivity contribution is -0.148. The largest absolute Gasteiger partial charge is 0.480 e. The fraction of sp³-hybridized carbons (Fsp3) is 0.638. The molecular weight excluding hydrogens is 777 g/mol. The van der Waals surface area contributed by atoms with Gasteiger partial charge in [-0.25, -0.2) is 4.79 Å². The van der Waals surface area contributed by atoms with E-state index in [4.69, 9.17) is 9.47 Å². The van der Waals surface area contributed by atoms with Gasteiger partial charge in [0.1, 0.15) is 12.1 Å². The minimum absolute atomic E-state index is 0.0253. The number of carbonyl (C=O) groups excluding carboxylic acids is 4. The normalized spacial score (nSPS) is 18.1. The summed E-state index contributed by atoms with van der Waals surface area (Å²) in [5, 5.41) is 18.9. The van der Waals surface area contributed by atoms with E-state index in [0.717, 1.165) is 16.8 Å². The Labute approximate surface area is 364 Å². The highest BCUT2D eigenvalue weighted by Crippen LogP contribution is 2.30. The van der Waals surface area contributed by atoms with Gasteiger partial charge in [-0.05, 0) is 60.9 Å². The number of nitrogens with zero attached hydrogens (tertiary/aromatic N) is 3. The number of likely N-dealkylation sites (N-methyl/N-ethyl adjacent to an activating group) is 2. The van der Waals surface area contributed by atoms with Gasteiger partial charge in [-0.15, -0.1) is 0 Å². The van der Waals surface area contributed by atoms with Crippen LogP contribution in [0.5, 0.6) is 0 Å². The molecule has 4 N–H and O–H groups in total. The molecule has 1 heterocycles. The van der Waals surface area contributed by atoms with Crippen molar-refractivity contribution in [3.05, 3.63) is 65.7 Å². The van der Waals surface area contributed by atoms with Crippen LogP contribution in [-0.4, -0.2) is 134 Å². The van der Waals surface area contributed by atoms with Gasteiger partial charge in [-0.2, -0.15) is 0 Å². The number of nitrogens with one attached hydrogen (secondary N) is 3. The summed E-state index contributed by atoms with van der Waals surface area (Å²) in [5.74, 6) is -3.41. The van der Waals surface area contributed by atoms with E-state index in [-0.39, 0.29) is 48.3 Å². The molecule has 61 heavy (non-hydrogen) atoms. The first-order valence-corrected chi connectivity index (χ1v) is 21.9. The van der Waals surface area contributed by atoms with E-state index in [1.165, 1.54) is 7.11 Å². The third-order valence-corrected chi connectivity index (χ3v) is 12.4. The standard InChI is InChI=1S/C47H74N6O8/c1-13-31(6)42(52(10)46(57)40(29(2)3)50-45(56)41(30(4)5)51(9)28-34-21-17-22-35(25-34)48-8)38(60-11)27-39(54)53-24-18-23-37(53)43(61-12)32(7)44(55)49-36(47(58)59)26-33-19-15-14-16-20-33/h14-17,19-22,25,29-32,36-38,40-43,48H,13,18,23-24,26-28H2,1-12H3,(H,49,55)(H,50,56)(H,58,59). The van der Waals surface area contributed by atoms with Crippen molar-refractivity contribution in [1.29, 1.82) is 0 Å². The number of amides is 4. The second-order valence-corrected chi connectivity index (χ2v) is 17.5. The number of carboxylic acids is 1. The summed E-state index contributed by atoms with van der Waals surface area (Å²) in [4.78, 5) is 74.1. The Hall–Kier alpha value is -4.53. The number of rotatable bonds is 24. The van der Waals surface area contributed by atoms with Crippen LogP contribution < -0.4 is 16.0 Å². The molecule has 0 radical (unpaired) electrons. The maximum Gasteiger partial charge on any atom is 0.326 e. The molecule has 4 amide bonds. The molecule has 3 rings (SSSR count). The quantitative estimate of drug-likeness (QED) is 0.112. The van der Waals surface area contributed by atoms with Crippen molar-refractivity contribution in [2.45, 2.75) is 130 Å². The lowest BCUT2D eigenvalue weighted by atomic mass is 9.89. The Bertz CT molecular complexity index is 1730. The van der Waals surface area contributed by atoms with Crippen molar-refractivity contribution < 1.29 is 38.6 Å². The summed E-state index contributed by atoms with van der Waals surface area (Å²) in [6, 6.07) is 13.8. The number of hydrogen-bond acceptors (Lipinski definition) is 9. The first-order valence-electron chi connectivity index (χ1n) is 21.9. The highest BCUT2D eigenvalue weighted by molar-refractivity contribution is 5.90. The monoisotopic (exact) mass is 851 g/mol. The highest BCUT2D eigenvalue weighted by atomic mass is 16.5. The molecule has 9 atom stereocenters. The summed E-state index contributed by atoms with van der Waals surface area (Å²) in [5.41, 5.74) is 2.82. The maximum atomic E-state index is 14.6. The van der Waals surface area contributed by atoms with Crippen LogP contribution in [0, 0.1) is 23.7 Å². The number of hydrogen-bond donors (Lipinski definition) is 4. The third-order valence-electron chi connectivity index (χ3n) is 12.4. The lowest BCUT2D eigenvalue weighted by Crippen LogP contribution is -2.60. The Balaban J connectivity index is 1.78. The van der Waals surface area contributed by atoms with Crippen molar-refractivity contribution >= 4 is 35.3 Å². The predicted molar refractivity (Wildman–Crippen MR) is 239 cm³/mol. The number of carbonyl (C=O) groups is 5. The number of ether oxygens (including phenoxy) is 2. The van der Waals surface area contributed by atoms with Gasteiger partial charge in [0.25, 0.3) is 0 Å². The average molecular weight is 851 g/mol. The van der Waals surface area contributed by atoms with Crippen LogP contribution >= 0.6 is 0 Å². The molecule has 14 nitrogen and oxygen atoms in total. The third kappa shape index (κ3) is 13.7. The molecular formula is C47H74N6O8. The number of likely N-dealkylation sites (tertiary alicyclic amines) is 1. The molecule has 1 aliphatic rings. The Morgan fingerprint density at radius 2 is 1.52 bits per heavy atom. The Morgan fingerprint density at radius 3 is 2.08 bits per heavy atom. The number of aliphatic carboxylic acids is 1. The van der Waals surface area contributed by atoms with Gasteiger partial charge in [0, 0.05) is 53.5 Å². The van der Waals surface area contributed by atoms with Gasteiger partial charge in [0.15, 0.2) is 0 Å². The number of benzene rings is 2. The summed E-state index contributed by atoms with van der Waals surface area (Å²) in [6.07, 6.45) is 0.727. The van der Waals surface area contributed by atoms with Gasteiger partial charge in [-0.3, -0.25) is 24.1 Å². The average Bonchev–Trinajstić information content (AvgIpc) is 3.71. The molecule has 0 bridgehead atoms. The molecule has 0 aliphatic carbocycles. The highest BCUT2D eigenvalue weighted by Gasteiger charge is 2.43. The number of carboxylic acid groups (broad SMARTS) is 1. The predicted octanol–water partition coefficient (Wildman–Crippen LogP) is 5.06. The van der Waals surface area contributed by atoms with Crippen molar-refractivity contribution in [3.63, 3.8) is 0 Å². The smallest absolute Gasteiger partial charge is 0.326 e. The SMILES string of the molecule is CCC(C)C(C(CC(=O)N1CCCC1C(OC)C(C)C(=O)NC(Cc1ccccc1)C(=O)O)OC)N(C)C(=O)C(NC(=O)C(C(C)C)N(C)Cc1cccc(NC)c1)C(C)C. The molecule has 0 aromatic heterocycles. The number of anilines is 1. The van der Waals surface area contributed by atoms with E-state index in [9.17, 15) is 29.1 Å². The molecule has 14 heteroatoms. The van der Waals surface area contributed by atoms with Gasteiger partial charge in [0.05, 0.1) is 42.7 Å². The Morgan fingerprint density at radius 1 is 0.869 bits per heavy atom. The van der Waals surface area contributed by atoms with Crippen LogP contribution in [0.25, 0.3) is 0 Å². The zero-order valence-corrected chi connectivity index (χ0v) is 38.6. The van der Waals surface area contributed by atoms with Crippen LogP contribution in [0.4, 0.5) is 5.69 Å². The van der Waals surface area contributed by atoms with E-state index >= 15 is 0 Å². The van der Waals surface area contributed by atoms with Gasteiger partial charge >= 0.3 is 5.97 Å². The van der Waals surface area contributed by atoms with Gasteiger partial charge in [-0.1, -0.05) is 97.4 Å². The van der Waals surface area contributed by atoms with Gasteiger partial charge in [0.2, 0.25) is 23.6 Å². The van der Waals surface area contributed by atoms with Crippen molar-refractivity contribution in [2.24, 2.45) is 23.7 Å². The molecule has 9 unspecified atom stereocenters. The van der Waals surface area contributed by atoms with Gasteiger partial charge < -0.3 is 40.3 Å². The zero-order valence-electron chi connectivity index (χ0n) is 38.6. The minimum Gasteiger partial charge on any atom is -0.480 e. The lowest BCUT2D eigenvalue weighted by Gasteiger charge is -2.41. The molecule has 1 fully saturated rings. The summed E-state index contributed by atoms with van der Waals surface area (Å²) in [7, 11) is 8.56. The van der Waals surface area contributed by atoms with E-state index in [0.29, 0.717) is 32.4 Å². The molecule has 1 saturated heterocycles. The van der Waals surface area contributed by atoms with E-state index < -0.39 is 60.2 Å². The number of methoxy groups -OCH3 is 2. The van der Waals surface area contributed by atoms with Crippen molar-refractivity contribution in [1.82, 2.24) is 25.3 Å². The van der Waals surface area contributed by atoms with Crippen LogP contribution in [-0.2, 0) is 46.4 Å². The summed E-state index contributed by atoms with van der Waals surface area (Å²) >= 11 is 0. The molecule has 340 valence electrons. The topological polar surface area (TPSA) is 170 Å². The molecule has 0 spiro atoms. The fourth-order valence-electron chi connectivity index (χ4n) is 8.85. The van der Waals surface area contributed by atoms with Crippen LogP contribution in [0.15, 0.2) is 54.6 Å². The molecule has 2 aromatic carbocycles. The molecule has 1 aliphatic heterocycles. The van der Waals surface area contributed by atoms with Crippen LogP contribution in [0.2, 0.25) is 0 Å². The van der Waals surface area contributed by atoms with Crippen molar-refractivity contribution in [3.8, 4) is 0 Å².